The summed E-state index contributed by atoms with van der Waals surface area (Å²) >= 11 is 0. The smallest absolute Gasteiger partial charge is 0.325 e. The summed E-state index contributed by atoms with van der Waals surface area (Å²) in [7, 11) is 0. The molecule has 1 N–H and O–H groups in total. The van der Waals surface area contributed by atoms with Gasteiger partial charge in [-0.15, -0.1) is 0 Å². The van der Waals surface area contributed by atoms with Gasteiger partial charge in [0.05, 0.1) is 12.1 Å². The Morgan fingerprint density at radius 3 is 2.50 bits per heavy atom. The zero-order valence-corrected chi connectivity index (χ0v) is 13.9. The Balaban J connectivity index is 1.65. The van der Waals surface area contributed by atoms with Gasteiger partial charge in [0.2, 0.25) is 5.91 Å². The molecule has 1 aliphatic carbocycles. The molecule has 2 aromatic carbocycles. The summed E-state index contributed by atoms with van der Waals surface area (Å²) in [6, 6.07) is 11.1. The fraction of sp³-hybridized carbons (Fsp3) is 0.316. The van der Waals surface area contributed by atoms with Crippen LogP contribution >= 0.6 is 0 Å². The number of halogens is 4. The van der Waals surface area contributed by atoms with Gasteiger partial charge in [0.15, 0.2) is 0 Å². The number of amides is 1. The van der Waals surface area contributed by atoms with Crippen LogP contribution in [0.2, 0.25) is 0 Å². The summed E-state index contributed by atoms with van der Waals surface area (Å²) in [5.74, 6) is -0.760. The third kappa shape index (κ3) is 4.82. The largest absolute Gasteiger partial charge is 0.416 e. The van der Waals surface area contributed by atoms with E-state index in [2.05, 4.69) is 5.32 Å². The molecule has 1 saturated carbocycles. The van der Waals surface area contributed by atoms with Gasteiger partial charge < -0.3 is 5.32 Å². The highest BCUT2D eigenvalue weighted by Gasteiger charge is 2.32. The van der Waals surface area contributed by atoms with E-state index in [4.69, 9.17) is 0 Å². The minimum absolute atomic E-state index is 0.00472. The molecule has 0 heterocycles. The fourth-order valence-corrected chi connectivity index (χ4v) is 2.76. The lowest BCUT2D eigenvalue weighted by molar-refractivity contribution is -0.137. The number of carbonyl (C=O) groups excluding carboxylic acids is 1. The number of hydrogen-bond acceptors (Lipinski definition) is 2. The van der Waals surface area contributed by atoms with Crippen LogP contribution in [0.4, 0.5) is 23.2 Å². The fourth-order valence-electron chi connectivity index (χ4n) is 2.76. The number of rotatable bonds is 6. The van der Waals surface area contributed by atoms with Crippen LogP contribution in [0.1, 0.15) is 24.0 Å². The van der Waals surface area contributed by atoms with E-state index in [0.717, 1.165) is 25.0 Å². The van der Waals surface area contributed by atoms with Crippen molar-refractivity contribution in [1.82, 2.24) is 4.90 Å². The minimum Gasteiger partial charge on any atom is -0.325 e. The second-order valence-electron chi connectivity index (χ2n) is 6.35. The van der Waals surface area contributed by atoms with Gasteiger partial charge >= 0.3 is 6.18 Å². The molecule has 3 nitrogen and oxygen atoms in total. The minimum atomic E-state index is -4.47. The molecular weight excluding hydrogens is 348 g/mol. The second-order valence-corrected chi connectivity index (χ2v) is 6.35. The molecule has 0 unspecified atom stereocenters. The topological polar surface area (TPSA) is 32.3 Å². The van der Waals surface area contributed by atoms with Gasteiger partial charge in [0, 0.05) is 23.8 Å². The van der Waals surface area contributed by atoms with Crippen LogP contribution in [-0.4, -0.2) is 23.4 Å². The Morgan fingerprint density at radius 2 is 1.85 bits per heavy atom. The molecule has 0 spiro atoms. The number of alkyl halides is 3. The summed E-state index contributed by atoms with van der Waals surface area (Å²) in [5.41, 5.74) is -0.238. The third-order valence-electron chi connectivity index (χ3n) is 4.21. The predicted molar refractivity (Wildman–Crippen MR) is 89.9 cm³/mol. The predicted octanol–water partition coefficient (Wildman–Crippen LogP) is 4.45. The quantitative estimate of drug-likeness (QED) is 0.767. The highest BCUT2D eigenvalue weighted by molar-refractivity contribution is 5.92. The molecule has 1 fully saturated rings. The molecule has 1 aliphatic rings. The van der Waals surface area contributed by atoms with Crippen molar-refractivity contribution in [2.75, 3.05) is 11.9 Å². The first kappa shape index (κ1) is 18.4. The normalized spacial score (nSPS) is 14.5. The van der Waals surface area contributed by atoms with Crippen molar-refractivity contribution in [3.63, 3.8) is 0 Å². The first-order valence-electron chi connectivity index (χ1n) is 8.27. The summed E-state index contributed by atoms with van der Waals surface area (Å²) in [4.78, 5) is 14.1. The molecule has 0 bridgehead atoms. The monoisotopic (exact) mass is 366 g/mol. The lowest BCUT2D eigenvalue weighted by Crippen LogP contribution is -2.34. The van der Waals surface area contributed by atoms with Crippen molar-refractivity contribution in [2.45, 2.75) is 31.6 Å². The number of hydrogen-bond donors (Lipinski definition) is 1. The molecule has 0 aromatic heterocycles. The van der Waals surface area contributed by atoms with Gasteiger partial charge in [-0.25, -0.2) is 4.39 Å². The average Bonchev–Trinajstić information content (AvgIpc) is 3.40. The molecule has 138 valence electrons. The van der Waals surface area contributed by atoms with E-state index in [9.17, 15) is 22.4 Å². The Morgan fingerprint density at radius 1 is 1.12 bits per heavy atom. The highest BCUT2D eigenvalue weighted by Crippen LogP contribution is 2.31. The average molecular weight is 366 g/mol. The van der Waals surface area contributed by atoms with Crippen molar-refractivity contribution < 1.29 is 22.4 Å². The third-order valence-corrected chi connectivity index (χ3v) is 4.21. The molecule has 26 heavy (non-hydrogen) atoms. The molecule has 0 aliphatic heterocycles. The molecular formula is C19H18F4N2O. The number of nitrogens with zero attached hydrogens (tertiary/aromatic N) is 1. The molecule has 2 aromatic rings. The molecule has 7 heteroatoms. The molecule has 3 rings (SSSR count). The number of carbonyl (C=O) groups is 1. The Hall–Kier alpha value is -2.41. The van der Waals surface area contributed by atoms with Gasteiger partial charge in [-0.2, -0.15) is 13.2 Å². The van der Waals surface area contributed by atoms with Gasteiger partial charge in [0.25, 0.3) is 0 Å². The van der Waals surface area contributed by atoms with Gasteiger partial charge in [0.1, 0.15) is 5.82 Å². The summed E-state index contributed by atoms with van der Waals surface area (Å²) in [6.07, 6.45) is -2.62. The Bertz CT molecular complexity index is 787. The van der Waals surface area contributed by atoms with E-state index >= 15 is 0 Å². The number of anilines is 1. The molecule has 0 atom stereocenters. The van der Waals surface area contributed by atoms with Crippen LogP contribution in [0.25, 0.3) is 0 Å². The van der Waals surface area contributed by atoms with E-state index in [0.29, 0.717) is 5.56 Å². The SMILES string of the molecule is O=C(CN(Cc1ccccc1F)C1CC1)Nc1cccc(C(F)(F)F)c1. The van der Waals surface area contributed by atoms with Crippen molar-refractivity contribution in [3.05, 3.63) is 65.5 Å². The van der Waals surface area contributed by atoms with E-state index in [-0.39, 0.29) is 30.6 Å². The second kappa shape index (κ2) is 7.45. The van der Waals surface area contributed by atoms with Crippen LogP contribution in [-0.2, 0) is 17.5 Å². The zero-order chi connectivity index (χ0) is 18.7. The van der Waals surface area contributed by atoms with Gasteiger partial charge in [-0.1, -0.05) is 24.3 Å². The highest BCUT2D eigenvalue weighted by atomic mass is 19.4. The van der Waals surface area contributed by atoms with Crippen molar-refractivity contribution >= 4 is 11.6 Å². The van der Waals surface area contributed by atoms with Gasteiger partial charge in [-0.05, 0) is 37.1 Å². The van der Waals surface area contributed by atoms with E-state index in [1.54, 1.807) is 18.2 Å². The molecule has 0 saturated heterocycles. The van der Waals surface area contributed by atoms with E-state index < -0.39 is 17.6 Å². The molecule has 0 radical (unpaired) electrons. The van der Waals surface area contributed by atoms with Crippen LogP contribution in [0.5, 0.6) is 0 Å². The van der Waals surface area contributed by atoms with E-state index in [1.165, 1.54) is 18.2 Å². The maximum atomic E-state index is 13.8. The van der Waals surface area contributed by atoms with Gasteiger partial charge in [-0.3, -0.25) is 9.69 Å². The Kier molecular flexibility index (Phi) is 5.27. The van der Waals surface area contributed by atoms with Crippen molar-refractivity contribution in [1.29, 1.82) is 0 Å². The van der Waals surface area contributed by atoms with Crippen molar-refractivity contribution in [3.8, 4) is 0 Å². The van der Waals surface area contributed by atoms with Crippen molar-refractivity contribution in [2.24, 2.45) is 0 Å². The zero-order valence-electron chi connectivity index (χ0n) is 13.9. The lowest BCUT2D eigenvalue weighted by atomic mass is 10.2. The van der Waals surface area contributed by atoms with Crippen LogP contribution in [0.15, 0.2) is 48.5 Å². The van der Waals surface area contributed by atoms with Crippen LogP contribution in [0.3, 0.4) is 0 Å². The maximum absolute atomic E-state index is 13.8. The Labute approximate surface area is 148 Å². The summed E-state index contributed by atoms with van der Waals surface area (Å²) in [6.45, 7) is 0.280. The summed E-state index contributed by atoms with van der Waals surface area (Å²) < 4.78 is 52.1. The standard InChI is InChI=1S/C19H18F4N2O/c20-17-7-2-1-4-13(17)11-25(16-8-9-16)12-18(26)24-15-6-3-5-14(10-15)19(21,22)23/h1-7,10,16H,8-9,11-12H2,(H,24,26). The first-order chi connectivity index (χ1) is 12.3. The first-order valence-corrected chi connectivity index (χ1v) is 8.27. The van der Waals surface area contributed by atoms with Crippen LogP contribution in [0, 0.1) is 5.82 Å². The number of benzene rings is 2. The summed E-state index contributed by atoms with van der Waals surface area (Å²) in [5, 5.41) is 2.49. The van der Waals surface area contributed by atoms with E-state index in [1.807, 2.05) is 4.90 Å². The number of nitrogens with one attached hydrogen (secondary N) is 1. The van der Waals surface area contributed by atoms with Crippen LogP contribution < -0.4 is 5.32 Å². The maximum Gasteiger partial charge on any atom is 0.416 e. The lowest BCUT2D eigenvalue weighted by Gasteiger charge is -2.22. The molecule has 1 amide bonds.